The first-order valence-corrected chi connectivity index (χ1v) is 14.7. The van der Waals surface area contributed by atoms with Gasteiger partial charge in [0.05, 0.1) is 0 Å². The summed E-state index contributed by atoms with van der Waals surface area (Å²) in [6.45, 7) is 0. The molecule has 204 valence electrons. The zero-order valence-electron chi connectivity index (χ0n) is 23.8. The van der Waals surface area contributed by atoms with E-state index < -0.39 is 0 Å². The molecule has 0 saturated heterocycles. The van der Waals surface area contributed by atoms with Crippen LogP contribution >= 0.6 is 0 Å². The number of hydrogen-bond acceptors (Lipinski definition) is 1. The number of anilines is 3. The predicted molar refractivity (Wildman–Crippen MR) is 183 cm³/mol. The first kappa shape index (κ1) is 26.3. The number of benzene rings is 7. The van der Waals surface area contributed by atoms with E-state index in [-0.39, 0.29) is 0 Å². The van der Waals surface area contributed by atoms with E-state index in [0.29, 0.717) is 0 Å². The first-order valence-electron chi connectivity index (χ1n) is 14.7. The Morgan fingerprint density at radius 3 is 1.07 bits per heavy atom. The molecule has 0 heterocycles. The van der Waals surface area contributed by atoms with E-state index in [9.17, 15) is 0 Å². The summed E-state index contributed by atoms with van der Waals surface area (Å²) in [5, 5.41) is 0. The van der Waals surface area contributed by atoms with Gasteiger partial charge in [-0.1, -0.05) is 146 Å². The Hall–Kier alpha value is -5.66. The van der Waals surface area contributed by atoms with Crippen LogP contribution in [0.15, 0.2) is 188 Å². The highest BCUT2D eigenvalue weighted by atomic mass is 15.1. The molecule has 0 amide bonds. The average molecular weight is 550 g/mol. The van der Waals surface area contributed by atoms with E-state index in [1.54, 1.807) is 0 Å². The summed E-state index contributed by atoms with van der Waals surface area (Å²) in [5.74, 6) is 0. The molecule has 7 rings (SSSR count). The van der Waals surface area contributed by atoms with Crippen molar-refractivity contribution in [1.82, 2.24) is 0 Å². The SMILES string of the molecule is c1ccc(-c2ccc(-c3cccc(N(c4ccccc4)c4cc(-c5ccccc5)cc(-c5ccccc5)c4)c3)cc2)cc1. The third kappa shape index (κ3) is 5.75. The van der Waals surface area contributed by atoms with E-state index in [0.717, 1.165) is 17.1 Å². The molecule has 7 aromatic carbocycles. The molecule has 0 N–H and O–H groups in total. The summed E-state index contributed by atoms with van der Waals surface area (Å²) < 4.78 is 0. The molecule has 7 aromatic rings. The van der Waals surface area contributed by atoms with Crippen LogP contribution in [0.3, 0.4) is 0 Å². The second-order valence-electron chi connectivity index (χ2n) is 10.7. The lowest BCUT2D eigenvalue weighted by Gasteiger charge is -2.27. The molecule has 1 nitrogen and oxygen atoms in total. The molecule has 0 atom stereocenters. The molecule has 0 aromatic heterocycles. The Morgan fingerprint density at radius 2 is 0.558 bits per heavy atom. The maximum atomic E-state index is 2.36. The van der Waals surface area contributed by atoms with Crippen LogP contribution in [0.25, 0.3) is 44.5 Å². The van der Waals surface area contributed by atoms with Crippen LogP contribution in [0.4, 0.5) is 17.1 Å². The molecule has 0 bridgehead atoms. The average Bonchev–Trinajstić information content (AvgIpc) is 3.10. The van der Waals surface area contributed by atoms with Crippen molar-refractivity contribution in [2.75, 3.05) is 4.90 Å². The molecule has 0 fully saturated rings. The standard InChI is InChI=1S/C42H31N/c1-5-14-32(15-6-1)35-24-26-36(27-25-35)37-20-13-23-41(29-37)43(40-21-11-4-12-22-40)42-30-38(33-16-7-2-8-17-33)28-39(31-42)34-18-9-3-10-19-34/h1-31H. The lowest BCUT2D eigenvalue weighted by Crippen LogP contribution is -2.10. The third-order valence-electron chi connectivity index (χ3n) is 7.83. The number of hydrogen-bond donors (Lipinski definition) is 0. The van der Waals surface area contributed by atoms with Crippen molar-refractivity contribution < 1.29 is 0 Å². The van der Waals surface area contributed by atoms with Crippen LogP contribution in [-0.4, -0.2) is 0 Å². The summed E-state index contributed by atoms with van der Waals surface area (Å²) >= 11 is 0. The summed E-state index contributed by atoms with van der Waals surface area (Å²) in [7, 11) is 0. The van der Waals surface area contributed by atoms with Gasteiger partial charge in [0, 0.05) is 17.1 Å². The molecule has 0 aliphatic heterocycles. The van der Waals surface area contributed by atoms with Crippen molar-refractivity contribution in [1.29, 1.82) is 0 Å². The monoisotopic (exact) mass is 549 g/mol. The van der Waals surface area contributed by atoms with Gasteiger partial charge >= 0.3 is 0 Å². The summed E-state index contributed by atoms with van der Waals surface area (Å²) in [4.78, 5) is 2.36. The Morgan fingerprint density at radius 1 is 0.209 bits per heavy atom. The van der Waals surface area contributed by atoms with Crippen molar-refractivity contribution in [3.8, 4) is 44.5 Å². The number of nitrogens with zero attached hydrogens (tertiary/aromatic N) is 1. The zero-order chi connectivity index (χ0) is 28.8. The van der Waals surface area contributed by atoms with Gasteiger partial charge < -0.3 is 4.90 Å². The van der Waals surface area contributed by atoms with Crippen LogP contribution in [-0.2, 0) is 0 Å². The lowest BCUT2D eigenvalue weighted by molar-refractivity contribution is 1.28. The molecular weight excluding hydrogens is 518 g/mol. The minimum atomic E-state index is 1.11. The van der Waals surface area contributed by atoms with Gasteiger partial charge in [0.2, 0.25) is 0 Å². The Bertz CT molecular complexity index is 1870. The maximum absolute atomic E-state index is 2.36. The zero-order valence-corrected chi connectivity index (χ0v) is 23.8. The second-order valence-corrected chi connectivity index (χ2v) is 10.7. The Labute approximate surface area is 254 Å². The van der Waals surface area contributed by atoms with Gasteiger partial charge in [-0.2, -0.15) is 0 Å². The fourth-order valence-corrected chi connectivity index (χ4v) is 5.67. The Balaban J connectivity index is 1.35. The van der Waals surface area contributed by atoms with Crippen molar-refractivity contribution in [2.45, 2.75) is 0 Å². The van der Waals surface area contributed by atoms with Crippen molar-refractivity contribution in [3.63, 3.8) is 0 Å². The molecule has 0 unspecified atom stereocenters. The van der Waals surface area contributed by atoms with Gasteiger partial charge in [0.25, 0.3) is 0 Å². The fraction of sp³-hybridized carbons (Fsp3) is 0. The van der Waals surface area contributed by atoms with Crippen molar-refractivity contribution >= 4 is 17.1 Å². The highest BCUT2D eigenvalue weighted by Crippen LogP contribution is 2.40. The van der Waals surface area contributed by atoms with Crippen LogP contribution < -0.4 is 4.90 Å². The van der Waals surface area contributed by atoms with Crippen LogP contribution in [0.1, 0.15) is 0 Å². The molecule has 0 saturated carbocycles. The normalized spacial score (nSPS) is 10.8. The molecular formula is C42H31N. The molecule has 0 aliphatic rings. The number of rotatable bonds is 7. The molecule has 43 heavy (non-hydrogen) atoms. The van der Waals surface area contributed by atoms with Gasteiger partial charge in [-0.05, 0) is 87.0 Å². The summed E-state index contributed by atoms with van der Waals surface area (Å²) in [5.41, 5.74) is 12.9. The van der Waals surface area contributed by atoms with E-state index in [1.807, 2.05) is 0 Å². The largest absolute Gasteiger partial charge is 0.310 e. The van der Waals surface area contributed by atoms with Crippen LogP contribution in [0.5, 0.6) is 0 Å². The van der Waals surface area contributed by atoms with Crippen molar-refractivity contribution in [3.05, 3.63) is 188 Å². The predicted octanol–water partition coefficient (Wildman–Crippen LogP) is 11.8. The fourth-order valence-electron chi connectivity index (χ4n) is 5.67. The van der Waals surface area contributed by atoms with E-state index >= 15 is 0 Å². The van der Waals surface area contributed by atoms with E-state index in [2.05, 4.69) is 193 Å². The highest BCUT2D eigenvalue weighted by Gasteiger charge is 2.16. The van der Waals surface area contributed by atoms with Crippen LogP contribution in [0.2, 0.25) is 0 Å². The van der Waals surface area contributed by atoms with Crippen molar-refractivity contribution in [2.24, 2.45) is 0 Å². The summed E-state index contributed by atoms with van der Waals surface area (Å²) in [6, 6.07) is 67.0. The molecule has 0 spiro atoms. The first-order chi connectivity index (χ1) is 21.3. The topological polar surface area (TPSA) is 3.24 Å². The number of para-hydroxylation sites is 1. The molecule has 0 radical (unpaired) electrons. The maximum Gasteiger partial charge on any atom is 0.0473 e. The molecule has 0 aliphatic carbocycles. The smallest absolute Gasteiger partial charge is 0.0473 e. The minimum Gasteiger partial charge on any atom is -0.310 e. The summed E-state index contributed by atoms with van der Waals surface area (Å²) in [6.07, 6.45) is 0. The quantitative estimate of drug-likeness (QED) is 0.191. The third-order valence-corrected chi connectivity index (χ3v) is 7.83. The van der Waals surface area contributed by atoms with E-state index in [1.165, 1.54) is 44.5 Å². The van der Waals surface area contributed by atoms with Gasteiger partial charge in [-0.25, -0.2) is 0 Å². The van der Waals surface area contributed by atoms with Gasteiger partial charge in [-0.3, -0.25) is 0 Å². The second kappa shape index (κ2) is 12.1. The highest BCUT2D eigenvalue weighted by molar-refractivity contribution is 5.86. The Kier molecular flexibility index (Phi) is 7.36. The van der Waals surface area contributed by atoms with Gasteiger partial charge in [0.15, 0.2) is 0 Å². The van der Waals surface area contributed by atoms with Crippen LogP contribution in [0, 0.1) is 0 Å². The van der Waals surface area contributed by atoms with E-state index in [4.69, 9.17) is 0 Å². The molecule has 1 heteroatoms. The lowest BCUT2D eigenvalue weighted by atomic mass is 9.97. The van der Waals surface area contributed by atoms with Gasteiger partial charge in [-0.15, -0.1) is 0 Å². The van der Waals surface area contributed by atoms with Gasteiger partial charge in [0.1, 0.15) is 0 Å². The minimum absolute atomic E-state index is 1.11.